The van der Waals surface area contributed by atoms with Crippen molar-refractivity contribution in [2.75, 3.05) is 5.73 Å². The zero-order valence-corrected chi connectivity index (χ0v) is 10.5. The van der Waals surface area contributed by atoms with Gasteiger partial charge in [-0.2, -0.15) is 5.10 Å². The molecule has 1 aromatic heterocycles. The molecule has 15 heavy (non-hydrogen) atoms. The normalized spacial score (nSPS) is 12.4. The molecule has 1 rings (SSSR count). The van der Waals surface area contributed by atoms with Gasteiger partial charge in [-0.25, -0.2) is 4.68 Å². The Balaban J connectivity index is 2.77. The highest BCUT2D eigenvalue weighted by Crippen LogP contribution is 2.21. The quantitative estimate of drug-likeness (QED) is 0.831. The van der Waals surface area contributed by atoms with E-state index in [4.69, 9.17) is 5.73 Å². The van der Waals surface area contributed by atoms with Crippen molar-refractivity contribution in [2.24, 2.45) is 11.3 Å². The Morgan fingerprint density at radius 1 is 1.40 bits per heavy atom. The Bertz CT molecular complexity index is 318. The van der Waals surface area contributed by atoms with Crippen molar-refractivity contribution >= 4 is 5.82 Å². The molecule has 0 unspecified atom stereocenters. The third-order valence-electron chi connectivity index (χ3n) is 2.11. The highest BCUT2D eigenvalue weighted by molar-refractivity contribution is 5.31. The number of rotatable bonds is 3. The third kappa shape index (κ3) is 3.94. The number of nitrogen functional groups attached to an aromatic ring is 1. The Morgan fingerprint density at radius 3 is 2.47 bits per heavy atom. The van der Waals surface area contributed by atoms with Gasteiger partial charge in [0, 0.05) is 12.6 Å². The molecular weight excluding hydrogens is 186 g/mol. The van der Waals surface area contributed by atoms with Crippen molar-refractivity contribution in [2.45, 2.75) is 47.6 Å². The van der Waals surface area contributed by atoms with Crippen LogP contribution in [0.2, 0.25) is 0 Å². The summed E-state index contributed by atoms with van der Waals surface area (Å²) in [7, 11) is 0. The summed E-state index contributed by atoms with van der Waals surface area (Å²) in [6.07, 6.45) is 0.974. The van der Waals surface area contributed by atoms with Crippen LogP contribution in [0.3, 0.4) is 0 Å². The van der Waals surface area contributed by atoms with Crippen LogP contribution in [-0.2, 0) is 13.0 Å². The lowest BCUT2D eigenvalue weighted by atomic mass is 9.91. The topological polar surface area (TPSA) is 43.8 Å². The van der Waals surface area contributed by atoms with E-state index >= 15 is 0 Å². The lowest BCUT2D eigenvalue weighted by Crippen LogP contribution is -2.12. The van der Waals surface area contributed by atoms with Crippen LogP contribution in [0.25, 0.3) is 0 Å². The van der Waals surface area contributed by atoms with Gasteiger partial charge in [-0.05, 0) is 17.8 Å². The first-order valence-electron chi connectivity index (χ1n) is 5.60. The van der Waals surface area contributed by atoms with Gasteiger partial charge < -0.3 is 5.73 Å². The molecule has 0 fully saturated rings. The Kier molecular flexibility index (Phi) is 3.42. The molecule has 1 heterocycles. The van der Waals surface area contributed by atoms with Crippen LogP contribution < -0.4 is 5.73 Å². The van der Waals surface area contributed by atoms with E-state index in [1.807, 2.05) is 10.7 Å². The second-order valence-electron chi connectivity index (χ2n) is 5.87. The van der Waals surface area contributed by atoms with E-state index in [0.29, 0.717) is 5.92 Å². The van der Waals surface area contributed by atoms with E-state index in [9.17, 15) is 0 Å². The van der Waals surface area contributed by atoms with Gasteiger partial charge in [0.05, 0.1) is 5.69 Å². The maximum absolute atomic E-state index is 5.91. The van der Waals surface area contributed by atoms with Crippen LogP contribution >= 0.6 is 0 Å². The standard InChI is InChI=1S/C12H23N3/c1-9(2)8-15-11(13)6-10(14-15)7-12(3,4)5/h6,9H,7-8,13H2,1-5H3. The SMILES string of the molecule is CC(C)Cn1nc(CC(C)(C)C)cc1N. The fourth-order valence-electron chi connectivity index (χ4n) is 1.61. The summed E-state index contributed by atoms with van der Waals surface area (Å²) in [6, 6.07) is 1.99. The summed E-state index contributed by atoms with van der Waals surface area (Å²) in [4.78, 5) is 0. The van der Waals surface area contributed by atoms with Crippen LogP contribution in [0.5, 0.6) is 0 Å². The summed E-state index contributed by atoms with van der Waals surface area (Å²) in [6.45, 7) is 11.9. The Morgan fingerprint density at radius 2 is 2.00 bits per heavy atom. The van der Waals surface area contributed by atoms with Crippen molar-refractivity contribution in [1.29, 1.82) is 0 Å². The molecule has 0 bridgehead atoms. The van der Waals surface area contributed by atoms with Crippen LogP contribution in [0.1, 0.15) is 40.3 Å². The van der Waals surface area contributed by atoms with Crippen molar-refractivity contribution in [3.8, 4) is 0 Å². The van der Waals surface area contributed by atoms with Crippen LogP contribution in [0, 0.1) is 11.3 Å². The van der Waals surface area contributed by atoms with Crippen molar-refractivity contribution in [1.82, 2.24) is 9.78 Å². The van der Waals surface area contributed by atoms with Gasteiger partial charge in [0.1, 0.15) is 5.82 Å². The highest BCUT2D eigenvalue weighted by atomic mass is 15.3. The molecule has 3 nitrogen and oxygen atoms in total. The number of hydrogen-bond donors (Lipinski definition) is 1. The van der Waals surface area contributed by atoms with E-state index in [1.54, 1.807) is 0 Å². The number of nitrogens with two attached hydrogens (primary N) is 1. The molecule has 0 aromatic carbocycles. The predicted molar refractivity (Wildman–Crippen MR) is 64.6 cm³/mol. The number of anilines is 1. The molecule has 0 spiro atoms. The summed E-state index contributed by atoms with van der Waals surface area (Å²) in [5.41, 5.74) is 7.27. The lowest BCUT2D eigenvalue weighted by molar-refractivity contribution is 0.400. The molecule has 0 aliphatic heterocycles. The zero-order valence-electron chi connectivity index (χ0n) is 10.5. The first-order valence-corrected chi connectivity index (χ1v) is 5.60. The fourth-order valence-corrected chi connectivity index (χ4v) is 1.61. The molecule has 0 radical (unpaired) electrons. The summed E-state index contributed by atoms with van der Waals surface area (Å²) in [5, 5.41) is 4.53. The molecule has 0 saturated carbocycles. The Labute approximate surface area is 92.7 Å². The number of nitrogens with zero attached hydrogens (tertiary/aromatic N) is 2. The largest absolute Gasteiger partial charge is 0.384 e. The third-order valence-corrected chi connectivity index (χ3v) is 2.11. The minimum atomic E-state index is 0.267. The molecule has 0 aliphatic rings. The van der Waals surface area contributed by atoms with E-state index in [-0.39, 0.29) is 5.41 Å². The molecule has 0 amide bonds. The lowest BCUT2D eigenvalue weighted by Gasteiger charge is -2.15. The van der Waals surface area contributed by atoms with Gasteiger partial charge >= 0.3 is 0 Å². The number of aromatic nitrogens is 2. The van der Waals surface area contributed by atoms with Gasteiger partial charge in [-0.1, -0.05) is 34.6 Å². The summed E-state index contributed by atoms with van der Waals surface area (Å²) < 4.78 is 1.91. The van der Waals surface area contributed by atoms with Gasteiger partial charge in [-0.15, -0.1) is 0 Å². The minimum Gasteiger partial charge on any atom is -0.384 e. The summed E-state index contributed by atoms with van der Waals surface area (Å²) in [5.74, 6) is 1.36. The maximum atomic E-state index is 5.91. The first kappa shape index (κ1) is 12.1. The van der Waals surface area contributed by atoms with Crippen LogP contribution in [0.15, 0.2) is 6.07 Å². The smallest absolute Gasteiger partial charge is 0.121 e. The maximum Gasteiger partial charge on any atom is 0.121 e. The van der Waals surface area contributed by atoms with Crippen molar-refractivity contribution < 1.29 is 0 Å². The van der Waals surface area contributed by atoms with Gasteiger partial charge in [0.25, 0.3) is 0 Å². The van der Waals surface area contributed by atoms with Crippen LogP contribution in [-0.4, -0.2) is 9.78 Å². The Hall–Kier alpha value is -0.990. The molecule has 0 saturated heterocycles. The average molecular weight is 209 g/mol. The molecule has 1 aromatic rings. The van der Waals surface area contributed by atoms with Crippen molar-refractivity contribution in [3.05, 3.63) is 11.8 Å². The monoisotopic (exact) mass is 209 g/mol. The highest BCUT2D eigenvalue weighted by Gasteiger charge is 2.15. The van der Waals surface area contributed by atoms with Crippen LogP contribution in [0.4, 0.5) is 5.82 Å². The summed E-state index contributed by atoms with van der Waals surface area (Å²) >= 11 is 0. The molecule has 0 atom stereocenters. The van der Waals surface area contributed by atoms with E-state index in [1.165, 1.54) is 0 Å². The molecular formula is C12H23N3. The van der Waals surface area contributed by atoms with Crippen molar-refractivity contribution in [3.63, 3.8) is 0 Å². The average Bonchev–Trinajstić information content (AvgIpc) is 2.26. The fraction of sp³-hybridized carbons (Fsp3) is 0.750. The molecule has 0 aliphatic carbocycles. The second kappa shape index (κ2) is 4.25. The molecule has 2 N–H and O–H groups in total. The van der Waals surface area contributed by atoms with Gasteiger partial charge in [-0.3, -0.25) is 0 Å². The predicted octanol–water partition coefficient (Wildman–Crippen LogP) is 2.71. The first-order chi connectivity index (χ1) is 6.78. The van der Waals surface area contributed by atoms with E-state index in [2.05, 4.69) is 39.7 Å². The molecule has 3 heteroatoms. The number of hydrogen-bond acceptors (Lipinski definition) is 2. The molecule has 86 valence electrons. The van der Waals surface area contributed by atoms with E-state index < -0.39 is 0 Å². The van der Waals surface area contributed by atoms with Gasteiger partial charge in [0.2, 0.25) is 0 Å². The minimum absolute atomic E-state index is 0.267. The van der Waals surface area contributed by atoms with Gasteiger partial charge in [0.15, 0.2) is 0 Å². The van der Waals surface area contributed by atoms with E-state index in [0.717, 1.165) is 24.5 Å². The zero-order chi connectivity index (χ0) is 11.6. The second-order valence-corrected chi connectivity index (χ2v) is 5.87.